The SMILES string of the molecule is CCCOC1C(Br)CC1Oc1ccc(C)cc1. The Labute approximate surface area is 111 Å². The van der Waals surface area contributed by atoms with Gasteiger partial charge in [-0.3, -0.25) is 0 Å². The molecule has 0 aromatic heterocycles. The number of ether oxygens (including phenoxy) is 2. The lowest BCUT2D eigenvalue weighted by Crippen LogP contribution is -2.52. The van der Waals surface area contributed by atoms with Gasteiger partial charge in [0.05, 0.1) is 0 Å². The topological polar surface area (TPSA) is 18.5 Å². The van der Waals surface area contributed by atoms with Crippen LogP contribution in [0.2, 0.25) is 0 Å². The zero-order valence-corrected chi connectivity index (χ0v) is 11.9. The van der Waals surface area contributed by atoms with E-state index in [1.807, 2.05) is 12.1 Å². The van der Waals surface area contributed by atoms with Crippen LogP contribution in [0.1, 0.15) is 25.3 Å². The lowest BCUT2D eigenvalue weighted by atomic mass is 9.91. The normalized spacial score (nSPS) is 27.6. The number of benzene rings is 1. The molecule has 0 bridgehead atoms. The second kappa shape index (κ2) is 5.87. The summed E-state index contributed by atoms with van der Waals surface area (Å²) in [7, 11) is 0. The summed E-state index contributed by atoms with van der Waals surface area (Å²) in [5, 5.41) is 0. The van der Waals surface area contributed by atoms with Gasteiger partial charge in [0.1, 0.15) is 18.0 Å². The Balaban J connectivity index is 1.88. The summed E-state index contributed by atoms with van der Waals surface area (Å²) in [4.78, 5) is 0.435. The molecule has 17 heavy (non-hydrogen) atoms. The first kappa shape index (κ1) is 12.9. The first-order chi connectivity index (χ1) is 8.20. The fraction of sp³-hybridized carbons (Fsp3) is 0.571. The van der Waals surface area contributed by atoms with Crippen molar-refractivity contribution in [3.8, 4) is 5.75 Å². The van der Waals surface area contributed by atoms with E-state index in [1.165, 1.54) is 5.56 Å². The highest BCUT2D eigenvalue weighted by Gasteiger charge is 2.42. The van der Waals surface area contributed by atoms with Crippen LogP contribution in [-0.2, 0) is 4.74 Å². The van der Waals surface area contributed by atoms with Gasteiger partial charge in [-0.05, 0) is 25.5 Å². The second-order valence-electron chi connectivity index (χ2n) is 4.56. The van der Waals surface area contributed by atoms with Gasteiger partial charge in [-0.1, -0.05) is 40.5 Å². The van der Waals surface area contributed by atoms with Crippen molar-refractivity contribution in [1.29, 1.82) is 0 Å². The highest BCUT2D eigenvalue weighted by Crippen LogP contribution is 2.34. The first-order valence-electron chi connectivity index (χ1n) is 6.19. The van der Waals surface area contributed by atoms with Crippen molar-refractivity contribution in [2.45, 2.75) is 43.7 Å². The van der Waals surface area contributed by atoms with Crippen LogP contribution in [-0.4, -0.2) is 23.6 Å². The Bertz CT molecular complexity index is 350. The summed E-state index contributed by atoms with van der Waals surface area (Å²) in [6.07, 6.45) is 2.44. The molecule has 3 atom stereocenters. The lowest BCUT2D eigenvalue weighted by molar-refractivity contribution is -0.0762. The Morgan fingerprint density at radius 1 is 1.29 bits per heavy atom. The van der Waals surface area contributed by atoms with Gasteiger partial charge < -0.3 is 9.47 Å². The molecule has 1 aliphatic carbocycles. The van der Waals surface area contributed by atoms with E-state index in [9.17, 15) is 0 Å². The van der Waals surface area contributed by atoms with Crippen molar-refractivity contribution >= 4 is 15.9 Å². The molecule has 1 aromatic rings. The molecule has 1 fully saturated rings. The third-order valence-corrected chi connectivity index (χ3v) is 3.90. The van der Waals surface area contributed by atoms with Gasteiger partial charge in [0.2, 0.25) is 0 Å². The molecule has 3 heteroatoms. The summed E-state index contributed by atoms with van der Waals surface area (Å²) >= 11 is 3.62. The third-order valence-electron chi connectivity index (χ3n) is 3.00. The molecule has 0 aliphatic heterocycles. The van der Waals surface area contributed by atoms with Gasteiger partial charge in [-0.25, -0.2) is 0 Å². The molecule has 2 rings (SSSR count). The van der Waals surface area contributed by atoms with Crippen LogP contribution >= 0.6 is 15.9 Å². The third kappa shape index (κ3) is 3.23. The monoisotopic (exact) mass is 298 g/mol. The van der Waals surface area contributed by atoms with Crippen LogP contribution in [0.4, 0.5) is 0 Å². The number of aryl methyl sites for hydroxylation is 1. The van der Waals surface area contributed by atoms with Crippen LogP contribution in [0, 0.1) is 6.92 Å². The van der Waals surface area contributed by atoms with E-state index < -0.39 is 0 Å². The highest BCUT2D eigenvalue weighted by molar-refractivity contribution is 9.09. The molecule has 3 unspecified atom stereocenters. The molecule has 1 saturated carbocycles. The van der Waals surface area contributed by atoms with Crippen LogP contribution < -0.4 is 4.74 Å². The molecular weight excluding hydrogens is 280 g/mol. The number of hydrogen-bond donors (Lipinski definition) is 0. The van der Waals surface area contributed by atoms with Crippen LogP contribution in [0.15, 0.2) is 24.3 Å². The Hall–Kier alpha value is -0.540. The predicted octanol–water partition coefficient (Wildman–Crippen LogP) is 3.70. The first-order valence-corrected chi connectivity index (χ1v) is 7.11. The molecule has 0 saturated heterocycles. The molecular formula is C14H19BrO2. The molecule has 94 valence electrons. The highest BCUT2D eigenvalue weighted by atomic mass is 79.9. The maximum absolute atomic E-state index is 5.93. The van der Waals surface area contributed by atoms with E-state index in [1.54, 1.807) is 0 Å². The predicted molar refractivity (Wildman–Crippen MR) is 73.0 cm³/mol. The van der Waals surface area contributed by atoms with E-state index in [0.29, 0.717) is 4.83 Å². The molecule has 1 aromatic carbocycles. The van der Waals surface area contributed by atoms with Crippen molar-refractivity contribution in [1.82, 2.24) is 0 Å². The van der Waals surface area contributed by atoms with Gasteiger partial charge in [-0.15, -0.1) is 0 Å². The van der Waals surface area contributed by atoms with Crippen molar-refractivity contribution in [2.24, 2.45) is 0 Å². The van der Waals surface area contributed by atoms with E-state index in [-0.39, 0.29) is 12.2 Å². The summed E-state index contributed by atoms with van der Waals surface area (Å²) < 4.78 is 11.7. The van der Waals surface area contributed by atoms with E-state index in [4.69, 9.17) is 9.47 Å². The summed E-state index contributed by atoms with van der Waals surface area (Å²) in [6, 6.07) is 8.19. The fourth-order valence-corrected chi connectivity index (χ4v) is 2.76. The van der Waals surface area contributed by atoms with Crippen molar-refractivity contribution in [2.75, 3.05) is 6.61 Å². The number of rotatable bonds is 5. The average molecular weight is 299 g/mol. The lowest BCUT2D eigenvalue weighted by Gasteiger charge is -2.40. The van der Waals surface area contributed by atoms with Crippen molar-refractivity contribution in [3.63, 3.8) is 0 Å². The van der Waals surface area contributed by atoms with E-state index in [0.717, 1.165) is 25.2 Å². The smallest absolute Gasteiger partial charge is 0.127 e. The van der Waals surface area contributed by atoms with E-state index in [2.05, 4.69) is 41.9 Å². The van der Waals surface area contributed by atoms with E-state index >= 15 is 0 Å². The van der Waals surface area contributed by atoms with Gasteiger partial charge >= 0.3 is 0 Å². The average Bonchev–Trinajstić information content (AvgIpc) is 2.31. The maximum atomic E-state index is 5.93. The second-order valence-corrected chi connectivity index (χ2v) is 5.73. The summed E-state index contributed by atoms with van der Waals surface area (Å²) in [5.74, 6) is 0.935. The standard InChI is InChI=1S/C14H19BrO2/c1-3-8-16-14-12(15)9-13(14)17-11-6-4-10(2)5-7-11/h4-7,12-14H,3,8-9H2,1-2H3. The van der Waals surface area contributed by atoms with Crippen LogP contribution in [0.25, 0.3) is 0 Å². The molecule has 0 heterocycles. The Morgan fingerprint density at radius 2 is 2.00 bits per heavy atom. The molecule has 0 spiro atoms. The minimum atomic E-state index is 0.189. The van der Waals surface area contributed by atoms with Crippen LogP contribution in [0.3, 0.4) is 0 Å². The Kier molecular flexibility index (Phi) is 4.46. The number of alkyl halides is 1. The zero-order valence-electron chi connectivity index (χ0n) is 10.4. The molecule has 1 aliphatic rings. The van der Waals surface area contributed by atoms with Crippen LogP contribution in [0.5, 0.6) is 5.75 Å². The quantitative estimate of drug-likeness (QED) is 0.772. The molecule has 0 N–H and O–H groups in total. The minimum Gasteiger partial charge on any atom is -0.488 e. The fourth-order valence-electron chi connectivity index (χ4n) is 1.90. The van der Waals surface area contributed by atoms with Gasteiger partial charge in [-0.2, -0.15) is 0 Å². The number of hydrogen-bond acceptors (Lipinski definition) is 2. The molecule has 0 amide bonds. The van der Waals surface area contributed by atoms with Crippen molar-refractivity contribution in [3.05, 3.63) is 29.8 Å². The largest absolute Gasteiger partial charge is 0.488 e. The van der Waals surface area contributed by atoms with Gasteiger partial charge in [0.15, 0.2) is 0 Å². The minimum absolute atomic E-state index is 0.189. The maximum Gasteiger partial charge on any atom is 0.127 e. The molecule has 2 nitrogen and oxygen atoms in total. The van der Waals surface area contributed by atoms with Gasteiger partial charge in [0, 0.05) is 17.9 Å². The van der Waals surface area contributed by atoms with Gasteiger partial charge in [0.25, 0.3) is 0 Å². The number of halogens is 1. The molecule has 0 radical (unpaired) electrons. The Morgan fingerprint density at radius 3 is 2.59 bits per heavy atom. The zero-order chi connectivity index (χ0) is 12.3. The van der Waals surface area contributed by atoms with Crippen molar-refractivity contribution < 1.29 is 9.47 Å². The summed E-state index contributed by atoms with van der Waals surface area (Å²) in [5.41, 5.74) is 1.25. The summed E-state index contributed by atoms with van der Waals surface area (Å²) in [6.45, 7) is 5.01.